The molecular formula is C18H28Cl2N2O. The predicted molar refractivity (Wildman–Crippen MR) is 99.1 cm³/mol. The second kappa shape index (κ2) is 8.36. The van der Waals surface area contributed by atoms with Crippen LogP contribution in [0.25, 0.3) is 0 Å². The minimum atomic E-state index is -0.411. The molecule has 1 atom stereocenters. The number of hydrogen-bond acceptors (Lipinski definition) is 2. The number of carbonyl (C=O) groups is 1. The van der Waals surface area contributed by atoms with Crippen LogP contribution in [0.4, 0.5) is 0 Å². The molecule has 0 aromatic heterocycles. The highest BCUT2D eigenvalue weighted by atomic mass is 35.5. The number of carbonyl (C=O) groups excluding carboxylic acids is 1. The minimum Gasteiger partial charge on any atom is -0.342 e. The monoisotopic (exact) mass is 358 g/mol. The standard InChI is InChI=1S/C18H27ClN2O.ClH/c1-13(20)15-7-9-21(10-8-15)17(22)18(2,3)12-14-5-4-6-16(19)11-14;/h4-6,11,13,15H,7-10,12,20H2,1-3H3;1H. The summed E-state index contributed by atoms with van der Waals surface area (Å²) >= 11 is 6.04. The molecule has 1 aliphatic rings. The van der Waals surface area contributed by atoms with Gasteiger partial charge in [-0.1, -0.05) is 37.6 Å². The SMILES string of the molecule is CC(N)C1CCN(C(=O)C(C)(C)Cc2cccc(Cl)c2)CC1.Cl. The number of nitrogens with zero attached hydrogens (tertiary/aromatic N) is 1. The first kappa shape index (κ1) is 20.3. The van der Waals surface area contributed by atoms with Crippen LogP contribution >= 0.6 is 24.0 Å². The normalized spacial score (nSPS) is 17.5. The second-order valence-electron chi connectivity index (χ2n) is 7.18. The van der Waals surface area contributed by atoms with Gasteiger partial charge in [0.05, 0.1) is 0 Å². The van der Waals surface area contributed by atoms with E-state index in [0.29, 0.717) is 12.3 Å². The number of amides is 1. The van der Waals surface area contributed by atoms with Crippen LogP contribution in [0, 0.1) is 11.3 Å². The van der Waals surface area contributed by atoms with Gasteiger partial charge >= 0.3 is 0 Å². The Morgan fingerprint density at radius 1 is 1.39 bits per heavy atom. The molecule has 0 aliphatic carbocycles. The van der Waals surface area contributed by atoms with Crippen LogP contribution in [0.15, 0.2) is 24.3 Å². The first-order chi connectivity index (χ1) is 10.3. The van der Waals surface area contributed by atoms with Crippen LogP contribution in [0.5, 0.6) is 0 Å². The highest BCUT2D eigenvalue weighted by molar-refractivity contribution is 6.30. The van der Waals surface area contributed by atoms with E-state index in [1.807, 2.05) is 43.0 Å². The van der Waals surface area contributed by atoms with Crippen LogP contribution < -0.4 is 5.73 Å². The van der Waals surface area contributed by atoms with Crippen LogP contribution in [0.3, 0.4) is 0 Å². The van der Waals surface area contributed by atoms with E-state index in [-0.39, 0.29) is 24.4 Å². The summed E-state index contributed by atoms with van der Waals surface area (Å²) in [6, 6.07) is 7.99. The summed E-state index contributed by atoms with van der Waals surface area (Å²) in [5.74, 6) is 0.774. The lowest BCUT2D eigenvalue weighted by atomic mass is 9.83. The topological polar surface area (TPSA) is 46.3 Å². The number of piperidine rings is 1. The van der Waals surface area contributed by atoms with Crippen molar-refractivity contribution in [3.63, 3.8) is 0 Å². The molecule has 1 amide bonds. The maximum absolute atomic E-state index is 12.8. The molecule has 2 rings (SSSR count). The smallest absolute Gasteiger partial charge is 0.228 e. The van der Waals surface area contributed by atoms with E-state index < -0.39 is 5.41 Å². The largest absolute Gasteiger partial charge is 0.342 e. The van der Waals surface area contributed by atoms with Gasteiger partial charge in [0, 0.05) is 29.6 Å². The molecule has 2 N–H and O–H groups in total. The zero-order chi connectivity index (χ0) is 16.3. The zero-order valence-electron chi connectivity index (χ0n) is 14.2. The third-order valence-corrected chi connectivity index (χ3v) is 4.92. The van der Waals surface area contributed by atoms with Crippen molar-refractivity contribution >= 4 is 29.9 Å². The van der Waals surface area contributed by atoms with Gasteiger partial charge in [-0.05, 0) is 49.8 Å². The molecule has 1 heterocycles. The van der Waals surface area contributed by atoms with Gasteiger partial charge < -0.3 is 10.6 Å². The average molecular weight is 359 g/mol. The number of nitrogens with two attached hydrogens (primary N) is 1. The van der Waals surface area contributed by atoms with Crippen molar-refractivity contribution in [3.8, 4) is 0 Å². The van der Waals surface area contributed by atoms with Gasteiger partial charge in [0.15, 0.2) is 0 Å². The molecule has 1 aliphatic heterocycles. The van der Waals surface area contributed by atoms with Crippen LogP contribution in [-0.2, 0) is 11.2 Å². The van der Waals surface area contributed by atoms with E-state index in [1.54, 1.807) is 0 Å². The molecule has 0 saturated carbocycles. The lowest BCUT2D eigenvalue weighted by molar-refractivity contribution is -0.141. The Balaban J connectivity index is 0.00000264. The molecule has 0 spiro atoms. The number of halogens is 2. The van der Waals surface area contributed by atoms with E-state index in [0.717, 1.165) is 36.5 Å². The Bertz CT molecular complexity index is 524. The maximum atomic E-state index is 12.8. The summed E-state index contributed by atoms with van der Waals surface area (Å²) in [6.07, 6.45) is 2.73. The van der Waals surface area contributed by atoms with E-state index >= 15 is 0 Å². The summed E-state index contributed by atoms with van der Waals surface area (Å²) in [5, 5.41) is 0.721. The molecule has 1 unspecified atom stereocenters. The van der Waals surface area contributed by atoms with Crippen molar-refractivity contribution in [2.45, 2.75) is 46.1 Å². The van der Waals surface area contributed by atoms with Crippen LogP contribution in [0.1, 0.15) is 39.2 Å². The second-order valence-corrected chi connectivity index (χ2v) is 7.62. The van der Waals surface area contributed by atoms with E-state index in [2.05, 4.69) is 6.92 Å². The quantitative estimate of drug-likeness (QED) is 0.886. The molecule has 23 heavy (non-hydrogen) atoms. The van der Waals surface area contributed by atoms with Crippen molar-refractivity contribution in [2.24, 2.45) is 17.1 Å². The summed E-state index contributed by atoms with van der Waals surface area (Å²) < 4.78 is 0. The Morgan fingerprint density at radius 3 is 2.52 bits per heavy atom. The van der Waals surface area contributed by atoms with Gasteiger partial charge in [0.2, 0.25) is 5.91 Å². The van der Waals surface area contributed by atoms with E-state index in [1.165, 1.54) is 0 Å². The summed E-state index contributed by atoms with van der Waals surface area (Å²) in [4.78, 5) is 14.9. The highest BCUT2D eigenvalue weighted by Crippen LogP contribution is 2.29. The van der Waals surface area contributed by atoms with Crippen molar-refractivity contribution in [1.29, 1.82) is 0 Å². The number of benzene rings is 1. The summed E-state index contributed by atoms with van der Waals surface area (Å²) in [5.41, 5.74) is 6.67. The summed E-state index contributed by atoms with van der Waals surface area (Å²) in [7, 11) is 0. The van der Waals surface area contributed by atoms with Crippen LogP contribution in [-0.4, -0.2) is 29.9 Å². The fourth-order valence-electron chi connectivity index (χ4n) is 3.29. The Labute approximate surface area is 151 Å². The Kier molecular flexibility index (Phi) is 7.37. The van der Waals surface area contributed by atoms with Gasteiger partial charge in [0.1, 0.15) is 0 Å². The molecule has 5 heteroatoms. The molecule has 0 bridgehead atoms. The number of hydrogen-bond donors (Lipinski definition) is 1. The maximum Gasteiger partial charge on any atom is 0.228 e. The third kappa shape index (κ3) is 5.37. The number of rotatable bonds is 4. The molecule has 130 valence electrons. The molecule has 0 radical (unpaired) electrons. The third-order valence-electron chi connectivity index (χ3n) is 4.68. The lowest BCUT2D eigenvalue weighted by Gasteiger charge is -2.38. The van der Waals surface area contributed by atoms with E-state index in [4.69, 9.17) is 17.3 Å². The Hall–Kier alpha value is -0.770. The molecule has 1 saturated heterocycles. The summed E-state index contributed by atoms with van der Waals surface area (Å²) in [6.45, 7) is 7.75. The highest BCUT2D eigenvalue weighted by Gasteiger charge is 2.34. The fraction of sp³-hybridized carbons (Fsp3) is 0.611. The first-order valence-electron chi connectivity index (χ1n) is 8.09. The van der Waals surface area contributed by atoms with Gasteiger partial charge in [-0.3, -0.25) is 4.79 Å². The van der Waals surface area contributed by atoms with Crippen molar-refractivity contribution in [3.05, 3.63) is 34.9 Å². The van der Waals surface area contributed by atoms with Gasteiger partial charge in [-0.15, -0.1) is 12.4 Å². The average Bonchev–Trinajstić information content (AvgIpc) is 2.46. The Morgan fingerprint density at radius 2 is 2.00 bits per heavy atom. The van der Waals surface area contributed by atoms with Crippen molar-refractivity contribution in [1.82, 2.24) is 4.90 Å². The molecule has 3 nitrogen and oxygen atoms in total. The predicted octanol–water partition coefficient (Wildman–Crippen LogP) is 3.92. The molecular weight excluding hydrogens is 331 g/mol. The van der Waals surface area contributed by atoms with E-state index in [9.17, 15) is 4.79 Å². The van der Waals surface area contributed by atoms with Gasteiger partial charge in [0.25, 0.3) is 0 Å². The van der Waals surface area contributed by atoms with Crippen molar-refractivity contribution in [2.75, 3.05) is 13.1 Å². The van der Waals surface area contributed by atoms with Crippen molar-refractivity contribution < 1.29 is 4.79 Å². The number of likely N-dealkylation sites (tertiary alicyclic amines) is 1. The molecule has 1 aromatic carbocycles. The first-order valence-corrected chi connectivity index (χ1v) is 8.47. The fourth-order valence-corrected chi connectivity index (χ4v) is 3.50. The molecule has 1 fully saturated rings. The molecule has 1 aromatic rings. The van der Waals surface area contributed by atoms with Gasteiger partial charge in [-0.25, -0.2) is 0 Å². The minimum absolute atomic E-state index is 0. The zero-order valence-corrected chi connectivity index (χ0v) is 15.8. The van der Waals surface area contributed by atoms with Gasteiger partial charge in [-0.2, -0.15) is 0 Å². The van der Waals surface area contributed by atoms with Crippen LogP contribution in [0.2, 0.25) is 5.02 Å². The lowest BCUT2D eigenvalue weighted by Crippen LogP contribution is -2.47.